The van der Waals surface area contributed by atoms with Gasteiger partial charge < -0.3 is 5.32 Å². The van der Waals surface area contributed by atoms with E-state index in [1.165, 1.54) is 11.1 Å². The number of rotatable bonds is 7. The Balaban J connectivity index is 1.32. The molecule has 5 heteroatoms. The highest BCUT2D eigenvalue weighted by molar-refractivity contribution is 7.89. The van der Waals surface area contributed by atoms with Crippen molar-refractivity contribution in [2.45, 2.75) is 24.7 Å². The van der Waals surface area contributed by atoms with E-state index in [4.69, 9.17) is 0 Å². The first-order chi connectivity index (χ1) is 15.0. The number of sulfonamides is 1. The number of fused-ring (bicyclic) bond motifs is 1. The van der Waals surface area contributed by atoms with Gasteiger partial charge in [0.05, 0.1) is 4.90 Å². The summed E-state index contributed by atoms with van der Waals surface area (Å²) in [6.45, 7) is 5.07. The number of nitrogens with one attached hydrogen (secondary N) is 1. The van der Waals surface area contributed by atoms with Crippen molar-refractivity contribution in [3.63, 3.8) is 0 Å². The van der Waals surface area contributed by atoms with Gasteiger partial charge in [-0.05, 0) is 49.2 Å². The van der Waals surface area contributed by atoms with Crippen LogP contribution in [0, 0.1) is 5.92 Å². The minimum atomic E-state index is -3.48. The molecule has 1 aliphatic heterocycles. The van der Waals surface area contributed by atoms with Gasteiger partial charge in [-0.1, -0.05) is 78.4 Å². The number of hydrogen-bond donors (Lipinski definition) is 1. The van der Waals surface area contributed by atoms with Crippen molar-refractivity contribution in [3.05, 3.63) is 83.9 Å². The Morgan fingerprint density at radius 3 is 2.42 bits per heavy atom. The summed E-state index contributed by atoms with van der Waals surface area (Å²) in [6, 6.07) is 23.5. The van der Waals surface area contributed by atoms with Crippen molar-refractivity contribution in [1.29, 1.82) is 0 Å². The number of benzene rings is 3. The zero-order valence-electron chi connectivity index (χ0n) is 18.0. The molecule has 0 radical (unpaired) electrons. The van der Waals surface area contributed by atoms with Gasteiger partial charge >= 0.3 is 0 Å². The molecule has 1 heterocycles. The van der Waals surface area contributed by atoms with Crippen LogP contribution < -0.4 is 5.32 Å². The molecule has 31 heavy (non-hydrogen) atoms. The molecule has 1 aliphatic rings. The Hall–Kier alpha value is -2.47. The van der Waals surface area contributed by atoms with Crippen molar-refractivity contribution in [2.75, 3.05) is 26.2 Å². The number of piperidine rings is 1. The second-order valence-corrected chi connectivity index (χ2v) is 10.3. The molecule has 0 unspecified atom stereocenters. The predicted octanol–water partition coefficient (Wildman–Crippen LogP) is 4.93. The van der Waals surface area contributed by atoms with Crippen molar-refractivity contribution in [2.24, 2.45) is 5.92 Å². The van der Waals surface area contributed by atoms with Crippen molar-refractivity contribution in [1.82, 2.24) is 9.62 Å². The summed E-state index contributed by atoms with van der Waals surface area (Å²) in [5, 5.41) is 5.31. The molecule has 3 aromatic carbocycles. The van der Waals surface area contributed by atoms with Crippen LogP contribution in [-0.4, -0.2) is 38.9 Å². The fourth-order valence-electron chi connectivity index (χ4n) is 4.27. The van der Waals surface area contributed by atoms with Crippen LogP contribution in [-0.2, 0) is 10.0 Å². The van der Waals surface area contributed by atoms with Gasteiger partial charge in [0.1, 0.15) is 0 Å². The van der Waals surface area contributed by atoms with Gasteiger partial charge in [0.2, 0.25) is 10.0 Å². The molecule has 4 rings (SSSR count). The van der Waals surface area contributed by atoms with Crippen LogP contribution in [0.1, 0.15) is 25.3 Å². The van der Waals surface area contributed by atoms with Gasteiger partial charge in [0.15, 0.2) is 0 Å². The van der Waals surface area contributed by atoms with Crippen LogP contribution in [0.25, 0.3) is 16.8 Å². The smallest absolute Gasteiger partial charge is 0.243 e. The Labute approximate surface area is 185 Å². The normalized spacial score (nSPS) is 16.6. The van der Waals surface area contributed by atoms with E-state index in [1.807, 2.05) is 54.6 Å². The average molecular weight is 435 g/mol. The Bertz CT molecular complexity index is 1140. The Morgan fingerprint density at radius 2 is 1.65 bits per heavy atom. The summed E-state index contributed by atoms with van der Waals surface area (Å²) >= 11 is 0. The molecule has 0 bridgehead atoms. The minimum absolute atomic E-state index is 0.420. The first-order valence-corrected chi connectivity index (χ1v) is 12.4. The number of nitrogens with zero attached hydrogens (tertiary/aromatic N) is 1. The molecule has 0 spiro atoms. The zero-order valence-corrected chi connectivity index (χ0v) is 18.8. The second kappa shape index (κ2) is 9.77. The standard InChI is InChI=1S/C26H30N2O2S/c1-21(18-22-8-3-2-4-9-22)19-27-20-23-14-16-28(17-15-23)31(29,30)26-13-7-11-24-10-5-6-12-25(24)26/h2-13,18,23,27H,14-17,19-20H2,1H3/b21-18+. The van der Waals surface area contributed by atoms with Gasteiger partial charge in [0.25, 0.3) is 0 Å². The average Bonchev–Trinajstić information content (AvgIpc) is 2.79. The molecule has 1 N–H and O–H groups in total. The molecular formula is C26H30N2O2S. The first kappa shape index (κ1) is 21.8. The summed E-state index contributed by atoms with van der Waals surface area (Å²) in [4.78, 5) is 0.420. The lowest BCUT2D eigenvalue weighted by molar-refractivity contribution is 0.269. The van der Waals surface area contributed by atoms with E-state index in [0.717, 1.165) is 36.7 Å². The molecule has 4 nitrogen and oxygen atoms in total. The number of hydrogen-bond acceptors (Lipinski definition) is 3. The van der Waals surface area contributed by atoms with E-state index in [9.17, 15) is 8.42 Å². The highest BCUT2D eigenvalue weighted by Gasteiger charge is 2.30. The Kier molecular flexibility index (Phi) is 6.86. The van der Waals surface area contributed by atoms with Crippen LogP contribution in [0.3, 0.4) is 0 Å². The molecule has 0 aromatic heterocycles. The Morgan fingerprint density at radius 1 is 0.968 bits per heavy atom. The monoisotopic (exact) mass is 434 g/mol. The van der Waals surface area contributed by atoms with Crippen molar-refractivity contribution < 1.29 is 8.42 Å². The van der Waals surface area contributed by atoms with E-state index in [0.29, 0.717) is 23.9 Å². The molecular weight excluding hydrogens is 404 g/mol. The molecule has 1 fully saturated rings. The highest BCUT2D eigenvalue weighted by Crippen LogP contribution is 2.28. The first-order valence-electron chi connectivity index (χ1n) is 10.9. The maximum absolute atomic E-state index is 13.3. The quantitative estimate of drug-likeness (QED) is 0.573. The van der Waals surface area contributed by atoms with Crippen LogP contribution in [0.2, 0.25) is 0 Å². The lowest BCUT2D eigenvalue weighted by Gasteiger charge is -2.31. The molecule has 162 valence electrons. The fraction of sp³-hybridized carbons (Fsp3) is 0.308. The maximum atomic E-state index is 13.3. The molecule has 0 amide bonds. The summed E-state index contributed by atoms with van der Waals surface area (Å²) in [6.07, 6.45) is 3.98. The van der Waals surface area contributed by atoms with Gasteiger partial charge in [-0.15, -0.1) is 0 Å². The molecule has 0 atom stereocenters. The third kappa shape index (κ3) is 5.24. The van der Waals surface area contributed by atoms with Gasteiger partial charge in [-0.25, -0.2) is 8.42 Å². The zero-order chi connectivity index (χ0) is 21.7. The van der Waals surface area contributed by atoms with Gasteiger partial charge in [-0.3, -0.25) is 0 Å². The van der Waals surface area contributed by atoms with Crippen LogP contribution in [0.5, 0.6) is 0 Å². The van der Waals surface area contributed by atoms with E-state index < -0.39 is 10.0 Å². The summed E-state index contributed by atoms with van der Waals surface area (Å²) in [7, 11) is -3.48. The van der Waals surface area contributed by atoms with Crippen molar-refractivity contribution in [3.8, 4) is 0 Å². The van der Waals surface area contributed by atoms with Gasteiger partial charge in [0, 0.05) is 25.0 Å². The van der Waals surface area contributed by atoms with Crippen molar-refractivity contribution >= 4 is 26.9 Å². The lowest BCUT2D eigenvalue weighted by atomic mass is 9.98. The maximum Gasteiger partial charge on any atom is 0.243 e. The third-order valence-corrected chi connectivity index (χ3v) is 7.95. The van der Waals surface area contributed by atoms with Crippen LogP contribution >= 0.6 is 0 Å². The highest BCUT2D eigenvalue weighted by atomic mass is 32.2. The van der Waals surface area contributed by atoms with E-state index in [2.05, 4.69) is 30.4 Å². The molecule has 3 aromatic rings. The third-order valence-electron chi connectivity index (χ3n) is 5.99. The topological polar surface area (TPSA) is 49.4 Å². The van der Waals surface area contributed by atoms with Crippen LogP contribution in [0.15, 0.2) is 83.3 Å². The van der Waals surface area contributed by atoms with E-state index in [1.54, 1.807) is 10.4 Å². The van der Waals surface area contributed by atoms with Crippen LogP contribution in [0.4, 0.5) is 0 Å². The predicted molar refractivity (Wildman–Crippen MR) is 128 cm³/mol. The molecule has 0 saturated carbocycles. The lowest BCUT2D eigenvalue weighted by Crippen LogP contribution is -2.40. The largest absolute Gasteiger partial charge is 0.313 e. The van der Waals surface area contributed by atoms with Gasteiger partial charge in [-0.2, -0.15) is 4.31 Å². The molecule has 0 aliphatic carbocycles. The summed E-state index contributed by atoms with van der Waals surface area (Å²) < 4.78 is 28.2. The second-order valence-electron chi connectivity index (χ2n) is 8.36. The minimum Gasteiger partial charge on any atom is -0.313 e. The fourth-order valence-corrected chi connectivity index (χ4v) is 5.96. The molecule has 1 saturated heterocycles. The summed E-state index contributed by atoms with van der Waals surface area (Å²) in [5.41, 5.74) is 2.51. The van der Waals surface area contributed by atoms with E-state index in [-0.39, 0.29) is 0 Å². The summed E-state index contributed by atoms with van der Waals surface area (Å²) in [5.74, 6) is 0.503. The van der Waals surface area contributed by atoms with E-state index >= 15 is 0 Å². The SMILES string of the molecule is C/C(=C\c1ccccc1)CNCC1CCN(S(=O)(=O)c2cccc3ccccc23)CC1.